The Balaban J connectivity index is 1.67. The number of nitrogens with zero attached hydrogens (tertiary/aromatic N) is 1. The molecule has 0 aliphatic carbocycles. The number of carbonyl (C=O) groups excluding carboxylic acids is 1. The SMILES string of the molecule is COc1ccc2[nH]c(CNC(=O)Cc3c(C)nc(C)[nH]c3=O)cc2c1. The van der Waals surface area contributed by atoms with Gasteiger partial charge in [0.05, 0.1) is 20.1 Å². The molecule has 0 atom stereocenters. The van der Waals surface area contributed by atoms with E-state index in [0.29, 0.717) is 23.6 Å². The Morgan fingerprint density at radius 3 is 2.76 bits per heavy atom. The predicted octanol–water partition coefficient (Wildman–Crippen LogP) is 1.74. The number of aryl methyl sites for hydroxylation is 2. The van der Waals surface area contributed by atoms with Crippen molar-refractivity contribution in [3.05, 3.63) is 57.4 Å². The topological polar surface area (TPSA) is 99.9 Å². The number of ether oxygens (including phenoxy) is 1. The Hall–Kier alpha value is -3.09. The highest BCUT2D eigenvalue weighted by Gasteiger charge is 2.12. The van der Waals surface area contributed by atoms with Crippen LogP contribution in [0.25, 0.3) is 10.9 Å². The van der Waals surface area contributed by atoms with Crippen LogP contribution in [0.1, 0.15) is 22.8 Å². The smallest absolute Gasteiger partial charge is 0.254 e. The highest BCUT2D eigenvalue weighted by Crippen LogP contribution is 2.21. The molecule has 0 bridgehead atoms. The number of H-pyrrole nitrogens is 2. The summed E-state index contributed by atoms with van der Waals surface area (Å²) < 4.78 is 5.20. The number of methoxy groups -OCH3 is 1. The van der Waals surface area contributed by atoms with Crippen LogP contribution < -0.4 is 15.6 Å². The van der Waals surface area contributed by atoms with E-state index >= 15 is 0 Å². The van der Waals surface area contributed by atoms with Gasteiger partial charge in [0, 0.05) is 27.9 Å². The van der Waals surface area contributed by atoms with E-state index < -0.39 is 0 Å². The Labute approximate surface area is 144 Å². The van der Waals surface area contributed by atoms with Crippen molar-refractivity contribution in [2.24, 2.45) is 0 Å². The largest absolute Gasteiger partial charge is 0.497 e. The lowest BCUT2D eigenvalue weighted by molar-refractivity contribution is -0.120. The average molecular weight is 340 g/mol. The molecule has 3 N–H and O–H groups in total. The minimum Gasteiger partial charge on any atom is -0.497 e. The molecule has 1 aromatic carbocycles. The molecule has 0 fully saturated rings. The van der Waals surface area contributed by atoms with Crippen LogP contribution in [-0.2, 0) is 17.8 Å². The van der Waals surface area contributed by atoms with Crippen LogP contribution in [0.5, 0.6) is 5.75 Å². The lowest BCUT2D eigenvalue weighted by Crippen LogP contribution is -2.29. The second kappa shape index (κ2) is 6.80. The quantitative estimate of drug-likeness (QED) is 0.658. The van der Waals surface area contributed by atoms with Gasteiger partial charge in [-0.3, -0.25) is 9.59 Å². The van der Waals surface area contributed by atoms with Gasteiger partial charge in [-0.2, -0.15) is 0 Å². The number of fused-ring (bicyclic) bond motifs is 1. The second-order valence-electron chi connectivity index (χ2n) is 5.92. The number of hydrogen-bond donors (Lipinski definition) is 3. The summed E-state index contributed by atoms with van der Waals surface area (Å²) in [7, 11) is 1.62. The summed E-state index contributed by atoms with van der Waals surface area (Å²) in [4.78, 5) is 34.2. The summed E-state index contributed by atoms with van der Waals surface area (Å²) in [6, 6.07) is 7.70. The minimum atomic E-state index is -0.266. The van der Waals surface area contributed by atoms with Crippen LogP contribution in [0.15, 0.2) is 29.1 Å². The third kappa shape index (κ3) is 3.71. The maximum absolute atomic E-state index is 12.2. The molecule has 1 amide bonds. The summed E-state index contributed by atoms with van der Waals surface area (Å²) in [5, 5.41) is 3.84. The van der Waals surface area contributed by atoms with E-state index in [-0.39, 0.29) is 17.9 Å². The van der Waals surface area contributed by atoms with Gasteiger partial charge in [-0.05, 0) is 38.1 Å². The summed E-state index contributed by atoms with van der Waals surface area (Å²) in [5.74, 6) is 1.10. The molecule has 2 heterocycles. The zero-order chi connectivity index (χ0) is 18.0. The molecule has 0 aliphatic rings. The number of aromatic amines is 2. The van der Waals surface area contributed by atoms with E-state index in [4.69, 9.17) is 4.74 Å². The molecule has 7 nitrogen and oxygen atoms in total. The van der Waals surface area contributed by atoms with Gasteiger partial charge in [-0.15, -0.1) is 0 Å². The first-order chi connectivity index (χ1) is 12.0. The monoisotopic (exact) mass is 340 g/mol. The van der Waals surface area contributed by atoms with E-state index in [0.717, 1.165) is 22.3 Å². The van der Waals surface area contributed by atoms with Crippen molar-refractivity contribution in [2.45, 2.75) is 26.8 Å². The molecule has 0 radical (unpaired) electrons. The Morgan fingerprint density at radius 1 is 1.24 bits per heavy atom. The second-order valence-corrected chi connectivity index (χ2v) is 5.92. The van der Waals surface area contributed by atoms with E-state index in [1.807, 2.05) is 24.3 Å². The lowest BCUT2D eigenvalue weighted by Gasteiger charge is -2.06. The van der Waals surface area contributed by atoms with Crippen molar-refractivity contribution in [2.75, 3.05) is 7.11 Å². The van der Waals surface area contributed by atoms with Crippen molar-refractivity contribution < 1.29 is 9.53 Å². The number of hydrogen-bond acceptors (Lipinski definition) is 4. The molecule has 0 saturated carbocycles. The molecule has 7 heteroatoms. The van der Waals surface area contributed by atoms with E-state index in [1.54, 1.807) is 21.0 Å². The maximum Gasteiger partial charge on any atom is 0.254 e. The normalized spacial score (nSPS) is 10.8. The minimum absolute atomic E-state index is 0.00248. The summed E-state index contributed by atoms with van der Waals surface area (Å²) >= 11 is 0. The van der Waals surface area contributed by atoms with Crippen molar-refractivity contribution >= 4 is 16.8 Å². The number of benzene rings is 1. The van der Waals surface area contributed by atoms with Crippen molar-refractivity contribution in [1.82, 2.24) is 20.3 Å². The van der Waals surface area contributed by atoms with E-state index in [2.05, 4.69) is 20.3 Å². The van der Waals surface area contributed by atoms with Crippen LogP contribution in [0.4, 0.5) is 0 Å². The Bertz CT molecular complexity index is 988. The fraction of sp³-hybridized carbons (Fsp3) is 0.278. The van der Waals surface area contributed by atoms with Gasteiger partial charge in [-0.1, -0.05) is 0 Å². The predicted molar refractivity (Wildman–Crippen MR) is 94.7 cm³/mol. The van der Waals surface area contributed by atoms with Crippen molar-refractivity contribution in [3.8, 4) is 5.75 Å². The van der Waals surface area contributed by atoms with Crippen LogP contribution >= 0.6 is 0 Å². The Morgan fingerprint density at radius 2 is 2.04 bits per heavy atom. The van der Waals surface area contributed by atoms with Gasteiger partial charge in [0.2, 0.25) is 5.91 Å². The van der Waals surface area contributed by atoms with Gasteiger partial charge in [0.15, 0.2) is 0 Å². The molecular weight excluding hydrogens is 320 g/mol. The highest BCUT2D eigenvalue weighted by molar-refractivity contribution is 5.82. The number of carbonyl (C=O) groups is 1. The first-order valence-corrected chi connectivity index (χ1v) is 7.95. The van der Waals surface area contributed by atoms with Crippen molar-refractivity contribution in [3.63, 3.8) is 0 Å². The first-order valence-electron chi connectivity index (χ1n) is 7.95. The molecule has 3 rings (SSSR count). The van der Waals surface area contributed by atoms with Crippen LogP contribution in [0.3, 0.4) is 0 Å². The lowest BCUT2D eigenvalue weighted by atomic mass is 10.1. The van der Waals surface area contributed by atoms with Crippen LogP contribution in [-0.4, -0.2) is 28.0 Å². The molecule has 2 aromatic heterocycles. The fourth-order valence-corrected chi connectivity index (χ4v) is 2.77. The highest BCUT2D eigenvalue weighted by atomic mass is 16.5. The summed E-state index contributed by atoms with van der Waals surface area (Å²) in [6.45, 7) is 3.80. The van der Waals surface area contributed by atoms with Crippen LogP contribution in [0, 0.1) is 13.8 Å². The molecular formula is C18H20N4O3. The first kappa shape index (κ1) is 16.8. The number of nitrogens with one attached hydrogen (secondary N) is 3. The Kier molecular flexibility index (Phi) is 4.56. The number of aromatic nitrogens is 3. The molecule has 0 unspecified atom stereocenters. The third-order valence-electron chi connectivity index (χ3n) is 4.04. The molecule has 0 spiro atoms. The molecule has 3 aromatic rings. The van der Waals surface area contributed by atoms with Gasteiger partial charge in [0.25, 0.3) is 5.56 Å². The molecule has 130 valence electrons. The molecule has 0 aliphatic heterocycles. The third-order valence-corrected chi connectivity index (χ3v) is 4.04. The van der Waals surface area contributed by atoms with Crippen molar-refractivity contribution in [1.29, 1.82) is 0 Å². The van der Waals surface area contributed by atoms with E-state index in [9.17, 15) is 9.59 Å². The number of rotatable bonds is 5. The number of amides is 1. The average Bonchev–Trinajstić information content (AvgIpc) is 2.98. The molecule has 0 saturated heterocycles. The molecule has 25 heavy (non-hydrogen) atoms. The maximum atomic E-state index is 12.2. The zero-order valence-corrected chi connectivity index (χ0v) is 14.4. The van der Waals surface area contributed by atoms with Gasteiger partial charge in [-0.25, -0.2) is 4.98 Å². The standard InChI is InChI=1S/C18H20N4O3/c1-10-15(18(24)21-11(2)20-10)8-17(23)19-9-13-6-12-7-14(25-3)4-5-16(12)22-13/h4-7,22H,8-9H2,1-3H3,(H,19,23)(H,20,21,24). The van der Waals surface area contributed by atoms with Gasteiger partial charge >= 0.3 is 0 Å². The van der Waals surface area contributed by atoms with Crippen LogP contribution in [0.2, 0.25) is 0 Å². The summed E-state index contributed by atoms with van der Waals surface area (Å²) in [5.41, 5.74) is 2.56. The van der Waals surface area contributed by atoms with Gasteiger partial charge < -0.3 is 20.0 Å². The summed E-state index contributed by atoms with van der Waals surface area (Å²) in [6.07, 6.45) is 0.00248. The fourth-order valence-electron chi connectivity index (χ4n) is 2.77. The zero-order valence-electron chi connectivity index (χ0n) is 14.4. The van der Waals surface area contributed by atoms with Gasteiger partial charge in [0.1, 0.15) is 11.6 Å². The van der Waals surface area contributed by atoms with E-state index in [1.165, 1.54) is 0 Å².